The largest absolute Gasteiger partial charge is 0.493 e. The number of ether oxygens (including phenoxy) is 1. The maximum absolute atomic E-state index is 5.81. The summed E-state index contributed by atoms with van der Waals surface area (Å²) in [6.45, 7) is 4.57. The van der Waals surface area contributed by atoms with Crippen LogP contribution in [0.5, 0.6) is 5.75 Å². The van der Waals surface area contributed by atoms with Crippen LogP contribution in [0.1, 0.15) is 25.6 Å². The highest BCUT2D eigenvalue weighted by Gasteiger charge is 2.11. The Balaban J connectivity index is 2.38. The molecule has 1 aromatic heterocycles. The lowest BCUT2D eigenvalue weighted by Gasteiger charge is -2.07. The van der Waals surface area contributed by atoms with Crippen molar-refractivity contribution < 1.29 is 4.74 Å². The fourth-order valence-corrected chi connectivity index (χ4v) is 2.50. The summed E-state index contributed by atoms with van der Waals surface area (Å²) in [6.07, 6.45) is 0. The van der Waals surface area contributed by atoms with E-state index in [4.69, 9.17) is 10.5 Å². The van der Waals surface area contributed by atoms with Crippen molar-refractivity contribution in [2.45, 2.75) is 19.9 Å². The molecule has 2 aromatic rings. The molecule has 0 amide bonds. The zero-order chi connectivity index (χ0) is 12.3. The molecule has 1 atom stereocenters. The monoisotopic (exact) mass is 248 g/mol. The van der Waals surface area contributed by atoms with Crippen molar-refractivity contribution in [3.8, 4) is 16.3 Å². The van der Waals surface area contributed by atoms with Crippen LogP contribution in [0.15, 0.2) is 29.6 Å². The molecule has 0 radical (unpaired) electrons. The molecule has 0 aliphatic carbocycles. The number of aromatic nitrogens is 1. The first-order valence-corrected chi connectivity index (χ1v) is 6.53. The van der Waals surface area contributed by atoms with E-state index in [0.717, 1.165) is 22.0 Å². The van der Waals surface area contributed by atoms with Crippen molar-refractivity contribution in [2.24, 2.45) is 5.73 Å². The first kappa shape index (κ1) is 12.1. The van der Waals surface area contributed by atoms with Crippen LogP contribution in [0, 0.1) is 0 Å². The Kier molecular flexibility index (Phi) is 3.76. The Labute approximate surface area is 105 Å². The van der Waals surface area contributed by atoms with Gasteiger partial charge in [-0.05, 0) is 26.0 Å². The average Bonchev–Trinajstić information content (AvgIpc) is 2.79. The van der Waals surface area contributed by atoms with E-state index in [1.807, 2.05) is 43.5 Å². The number of rotatable bonds is 4. The Bertz CT molecular complexity index is 494. The van der Waals surface area contributed by atoms with Crippen molar-refractivity contribution >= 4 is 11.3 Å². The molecule has 1 aromatic carbocycles. The van der Waals surface area contributed by atoms with E-state index < -0.39 is 0 Å². The fraction of sp³-hybridized carbons (Fsp3) is 0.308. The van der Waals surface area contributed by atoms with E-state index in [1.54, 1.807) is 11.3 Å². The number of thiazole rings is 1. The third-order valence-corrected chi connectivity index (χ3v) is 3.30. The second-order valence-corrected chi connectivity index (χ2v) is 4.65. The minimum Gasteiger partial charge on any atom is -0.493 e. The highest BCUT2D eigenvalue weighted by molar-refractivity contribution is 7.13. The molecule has 0 fully saturated rings. The molecular weight excluding hydrogens is 232 g/mol. The molecular formula is C13H16N2OS. The Hall–Kier alpha value is -1.39. The minimum atomic E-state index is -0.0285. The average molecular weight is 248 g/mol. The summed E-state index contributed by atoms with van der Waals surface area (Å²) in [7, 11) is 0. The van der Waals surface area contributed by atoms with E-state index >= 15 is 0 Å². The van der Waals surface area contributed by atoms with Gasteiger partial charge in [0.15, 0.2) is 0 Å². The summed E-state index contributed by atoms with van der Waals surface area (Å²) >= 11 is 1.60. The normalized spacial score (nSPS) is 12.4. The van der Waals surface area contributed by atoms with Gasteiger partial charge in [-0.15, -0.1) is 11.3 Å². The molecule has 1 heterocycles. The van der Waals surface area contributed by atoms with Gasteiger partial charge >= 0.3 is 0 Å². The van der Waals surface area contributed by atoms with Crippen molar-refractivity contribution in [3.05, 3.63) is 35.3 Å². The van der Waals surface area contributed by atoms with Gasteiger partial charge in [-0.2, -0.15) is 0 Å². The number of hydrogen-bond donors (Lipinski definition) is 1. The summed E-state index contributed by atoms with van der Waals surface area (Å²) in [4.78, 5) is 4.54. The smallest absolute Gasteiger partial charge is 0.129 e. The number of para-hydroxylation sites is 1. The molecule has 0 bridgehead atoms. The summed E-state index contributed by atoms with van der Waals surface area (Å²) in [5.74, 6) is 0.876. The predicted octanol–water partition coefficient (Wildman–Crippen LogP) is 3.23. The van der Waals surface area contributed by atoms with Crippen LogP contribution >= 0.6 is 11.3 Å². The summed E-state index contributed by atoms with van der Waals surface area (Å²) in [5.41, 5.74) is 7.78. The summed E-state index contributed by atoms with van der Waals surface area (Å²) < 4.78 is 5.60. The highest BCUT2D eigenvalue weighted by atomic mass is 32.1. The van der Waals surface area contributed by atoms with Gasteiger partial charge in [-0.1, -0.05) is 12.1 Å². The Morgan fingerprint density at radius 1 is 1.41 bits per heavy atom. The zero-order valence-electron chi connectivity index (χ0n) is 10.0. The summed E-state index contributed by atoms with van der Waals surface area (Å²) in [6, 6.07) is 7.92. The van der Waals surface area contributed by atoms with Crippen LogP contribution in [-0.2, 0) is 0 Å². The molecule has 4 heteroatoms. The van der Waals surface area contributed by atoms with Crippen LogP contribution < -0.4 is 10.5 Å². The number of nitrogens with zero attached hydrogens (tertiary/aromatic N) is 1. The van der Waals surface area contributed by atoms with Crippen molar-refractivity contribution in [2.75, 3.05) is 6.61 Å². The maximum atomic E-state index is 5.81. The van der Waals surface area contributed by atoms with E-state index in [1.165, 1.54) is 0 Å². The number of nitrogens with two attached hydrogens (primary N) is 1. The van der Waals surface area contributed by atoms with E-state index in [9.17, 15) is 0 Å². The lowest BCUT2D eigenvalue weighted by molar-refractivity contribution is 0.341. The standard InChI is InChI=1S/C13H16N2OS/c1-3-16-12-7-5-4-6-10(12)13-15-11(8-17-13)9(2)14/h4-9H,3,14H2,1-2H3. The summed E-state index contributed by atoms with van der Waals surface area (Å²) in [5, 5.41) is 2.96. The maximum Gasteiger partial charge on any atom is 0.129 e. The van der Waals surface area contributed by atoms with Crippen LogP contribution in [0.3, 0.4) is 0 Å². The topological polar surface area (TPSA) is 48.1 Å². The van der Waals surface area contributed by atoms with Gasteiger partial charge in [-0.3, -0.25) is 0 Å². The zero-order valence-corrected chi connectivity index (χ0v) is 10.8. The molecule has 2 N–H and O–H groups in total. The Morgan fingerprint density at radius 3 is 2.82 bits per heavy atom. The van der Waals surface area contributed by atoms with Gasteiger partial charge in [0.2, 0.25) is 0 Å². The van der Waals surface area contributed by atoms with E-state index in [0.29, 0.717) is 6.61 Å². The minimum absolute atomic E-state index is 0.0285. The molecule has 0 spiro atoms. The van der Waals surface area contributed by atoms with Crippen molar-refractivity contribution in [1.82, 2.24) is 4.98 Å². The second-order valence-electron chi connectivity index (χ2n) is 3.80. The Morgan fingerprint density at radius 2 is 2.18 bits per heavy atom. The molecule has 0 aliphatic heterocycles. The quantitative estimate of drug-likeness (QED) is 0.903. The first-order valence-electron chi connectivity index (χ1n) is 5.65. The van der Waals surface area contributed by atoms with Gasteiger partial charge in [0.25, 0.3) is 0 Å². The van der Waals surface area contributed by atoms with Gasteiger partial charge in [0, 0.05) is 11.4 Å². The van der Waals surface area contributed by atoms with Gasteiger partial charge < -0.3 is 10.5 Å². The van der Waals surface area contributed by atoms with Crippen molar-refractivity contribution in [1.29, 1.82) is 0 Å². The second kappa shape index (κ2) is 5.29. The van der Waals surface area contributed by atoms with Crippen LogP contribution in [0.2, 0.25) is 0 Å². The molecule has 3 nitrogen and oxygen atoms in total. The van der Waals surface area contributed by atoms with Gasteiger partial charge in [-0.25, -0.2) is 4.98 Å². The van der Waals surface area contributed by atoms with E-state index in [-0.39, 0.29) is 6.04 Å². The van der Waals surface area contributed by atoms with E-state index in [2.05, 4.69) is 4.98 Å². The predicted molar refractivity (Wildman–Crippen MR) is 71.3 cm³/mol. The van der Waals surface area contributed by atoms with Crippen molar-refractivity contribution in [3.63, 3.8) is 0 Å². The molecule has 0 saturated heterocycles. The first-order chi connectivity index (χ1) is 8.22. The van der Waals surface area contributed by atoms with Gasteiger partial charge in [0.05, 0.1) is 17.9 Å². The molecule has 0 saturated carbocycles. The number of hydrogen-bond acceptors (Lipinski definition) is 4. The molecule has 17 heavy (non-hydrogen) atoms. The SMILES string of the molecule is CCOc1ccccc1-c1nc(C(C)N)cs1. The van der Waals surface area contributed by atoms with Gasteiger partial charge in [0.1, 0.15) is 10.8 Å². The highest BCUT2D eigenvalue weighted by Crippen LogP contribution is 2.32. The fourth-order valence-electron chi connectivity index (χ4n) is 1.54. The van der Waals surface area contributed by atoms with Crippen LogP contribution in [0.4, 0.5) is 0 Å². The lowest BCUT2D eigenvalue weighted by Crippen LogP contribution is -2.04. The van der Waals surface area contributed by atoms with Crippen LogP contribution in [0.25, 0.3) is 10.6 Å². The third kappa shape index (κ3) is 2.65. The molecule has 2 rings (SSSR count). The third-order valence-electron chi connectivity index (χ3n) is 2.41. The van der Waals surface area contributed by atoms with Crippen LogP contribution in [-0.4, -0.2) is 11.6 Å². The molecule has 1 unspecified atom stereocenters. The molecule has 90 valence electrons. The molecule has 0 aliphatic rings. The lowest BCUT2D eigenvalue weighted by atomic mass is 10.2. The number of benzene rings is 1.